The predicted molar refractivity (Wildman–Crippen MR) is 51.4 cm³/mol. The van der Waals surface area contributed by atoms with Gasteiger partial charge in [0.1, 0.15) is 0 Å². The zero-order chi connectivity index (χ0) is 12.3. The van der Waals surface area contributed by atoms with Crippen molar-refractivity contribution in [2.75, 3.05) is 20.6 Å². The molecule has 0 heterocycles. The fourth-order valence-corrected chi connectivity index (χ4v) is 0.980. The molecule has 0 saturated carbocycles. The highest BCUT2D eigenvalue weighted by molar-refractivity contribution is 5.85. The van der Waals surface area contributed by atoms with E-state index >= 15 is 0 Å². The number of rotatable bonds is 4. The van der Waals surface area contributed by atoms with E-state index in [1.54, 1.807) is 20.9 Å². The Hall–Kier alpha value is -0.780. The molecule has 3 nitrogen and oxygen atoms in total. The van der Waals surface area contributed by atoms with Crippen LogP contribution in [0.3, 0.4) is 0 Å². The van der Waals surface area contributed by atoms with E-state index in [1.165, 1.54) is 7.05 Å². The van der Waals surface area contributed by atoms with Crippen LogP contribution in [0.15, 0.2) is 0 Å². The molecule has 0 spiro atoms. The van der Waals surface area contributed by atoms with Crippen molar-refractivity contribution < 1.29 is 18.0 Å². The summed E-state index contributed by atoms with van der Waals surface area (Å²) in [6, 6.07) is 0. The number of amides is 1. The highest BCUT2D eigenvalue weighted by Gasteiger charge is 2.32. The van der Waals surface area contributed by atoms with Gasteiger partial charge in [0.25, 0.3) is 0 Å². The van der Waals surface area contributed by atoms with E-state index in [1.807, 2.05) is 0 Å². The molecule has 6 heteroatoms. The molecule has 0 rings (SSSR count). The van der Waals surface area contributed by atoms with Gasteiger partial charge in [0, 0.05) is 13.6 Å². The van der Waals surface area contributed by atoms with Crippen molar-refractivity contribution in [2.45, 2.75) is 32.0 Å². The zero-order valence-electron chi connectivity index (χ0n) is 9.40. The lowest BCUT2D eigenvalue weighted by Crippen LogP contribution is -2.52. The van der Waals surface area contributed by atoms with Crippen LogP contribution >= 0.6 is 0 Å². The Bertz CT molecular complexity index is 226. The minimum atomic E-state index is -4.22. The summed E-state index contributed by atoms with van der Waals surface area (Å²) in [7, 11) is 2.96. The second-order valence-corrected chi connectivity index (χ2v) is 3.97. The summed E-state index contributed by atoms with van der Waals surface area (Å²) in [5, 5.41) is 2.75. The largest absolute Gasteiger partial charge is 0.390 e. The van der Waals surface area contributed by atoms with Gasteiger partial charge < -0.3 is 10.2 Å². The third kappa shape index (κ3) is 5.01. The molecule has 0 aromatic carbocycles. The maximum atomic E-state index is 11.9. The monoisotopic (exact) mass is 226 g/mol. The summed E-state index contributed by atoms with van der Waals surface area (Å²) in [6.45, 7) is 2.94. The predicted octanol–water partition coefficient (Wildman–Crippen LogP) is 1.40. The van der Waals surface area contributed by atoms with Crippen LogP contribution in [0.5, 0.6) is 0 Å². The summed E-state index contributed by atoms with van der Waals surface area (Å²) >= 11 is 0. The first-order chi connectivity index (χ1) is 6.60. The normalized spacial score (nSPS) is 12.7. The first-order valence-corrected chi connectivity index (χ1v) is 4.61. The van der Waals surface area contributed by atoms with Gasteiger partial charge in [-0.3, -0.25) is 4.79 Å². The lowest BCUT2D eigenvalue weighted by Gasteiger charge is -2.29. The summed E-state index contributed by atoms with van der Waals surface area (Å²) < 4.78 is 35.7. The Labute approximate surface area is 87.6 Å². The van der Waals surface area contributed by atoms with Crippen LogP contribution in [0.1, 0.15) is 20.3 Å². The number of hydrogen-bond donors (Lipinski definition) is 1. The highest BCUT2D eigenvalue weighted by atomic mass is 19.4. The Kier molecular flexibility index (Phi) is 4.58. The molecule has 0 bridgehead atoms. The Morgan fingerprint density at radius 2 is 1.80 bits per heavy atom. The summed E-state index contributed by atoms with van der Waals surface area (Å²) in [4.78, 5) is 12.7. The molecule has 0 fully saturated rings. The summed E-state index contributed by atoms with van der Waals surface area (Å²) in [6.07, 6.45) is -5.20. The van der Waals surface area contributed by atoms with E-state index in [2.05, 4.69) is 5.32 Å². The maximum absolute atomic E-state index is 11.9. The molecule has 1 amide bonds. The van der Waals surface area contributed by atoms with Crippen LogP contribution in [0.4, 0.5) is 13.2 Å². The fourth-order valence-electron chi connectivity index (χ4n) is 0.980. The lowest BCUT2D eigenvalue weighted by atomic mass is 10.0. The summed E-state index contributed by atoms with van der Waals surface area (Å²) in [5.74, 6) is -0.353. The van der Waals surface area contributed by atoms with Gasteiger partial charge in [0.05, 0.1) is 12.0 Å². The molecule has 0 aromatic rings. The molecule has 90 valence electrons. The van der Waals surface area contributed by atoms with Crippen molar-refractivity contribution in [1.82, 2.24) is 10.2 Å². The number of carbonyl (C=O) groups is 1. The topological polar surface area (TPSA) is 32.3 Å². The van der Waals surface area contributed by atoms with Crippen molar-refractivity contribution in [3.05, 3.63) is 0 Å². The van der Waals surface area contributed by atoms with E-state index in [9.17, 15) is 18.0 Å². The second-order valence-electron chi connectivity index (χ2n) is 3.97. The molecule has 0 aromatic heterocycles. The minimum Gasteiger partial charge on any atom is -0.344 e. The standard InChI is InChI=1S/C9H17F3N2O/c1-8(2,13-3)7(15)14(4)6-5-9(10,11)12/h13H,5-6H2,1-4H3. The molecule has 0 aliphatic rings. The number of likely N-dealkylation sites (N-methyl/N-ethyl adjacent to an activating group) is 2. The molecule has 0 unspecified atom stereocenters. The molecule has 0 aliphatic heterocycles. The van der Waals surface area contributed by atoms with E-state index in [0.29, 0.717) is 0 Å². The summed E-state index contributed by atoms with van der Waals surface area (Å²) in [5.41, 5.74) is -0.833. The first-order valence-electron chi connectivity index (χ1n) is 4.61. The van der Waals surface area contributed by atoms with Gasteiger partial charge in [-0.2, -0.15) is 13.2 Å². The molecule has 0 atom stereocenters. The molecule has 15 heavy (non-hydrogen) atoms. The molecule has 0 aliphatic carbocycles. The van der Waals surface area contributed by atoms with Crippen molar-refractivity contribution >= 4 is 5.91 Å². The van der Waals surface area contributed by atoms with Gasteiger partial charge in [0.15, 0.2) is 0 Å². The number of nitrogens with one attached hydrogen (secondary N) is 1. The minimum absolute atomic E-state index is 0.312. The quantitative estimate of drug-likeness (QED) is 0.785. The maximum Gasteiger partial charge on any atom is 0.390 e. The van der Waals surface area contributed by atoms with Crippen LogP contribution in [0, 0.1) is 0 Å². The number of alkyl halides is 3. The van der Waals surface area contributed by atoms with E-state index in [0.717, 1.165) is 4.90 Å². The van der Waals surface area contributed by atoms with Crippen LogP contribution in [0.25, 0.3) is 0 Å². The van der Waals surface area contributed by atoms with Crippen molar-refractivity contribution in [3.8, 4) is 0 Å². The van der Waals surface area contributed by atoms with Crippen LogP contribution in [-0.2, 0) is 4.79 Å². The van der Waals surface area contributed by atoms with E-state index in [-0.39, 0.29) is 12.5 Å². The number of hydrogen-bond acceptors (Lipinski definition) is 2. The zero-order valence-corrected chi connectivity index (χ0v) is 9.40. The smallest absolute Gasteiger partial charge is 0.344 e. The average molecular weight is 226 g/mol. The van der Waals surface area contributed by atoms with Crippen LogP contribution in [0.2, 0.25) is 0 Å². The van der Waals surface area contributed by atoms with Gasteiger partial charge in [-0.05, 0) is 20.9 Å². The SMILES string of the molecule is CNC(C)(C)C(=O)N(C)CCC(F)(F)F. The van der Waals surface area contributed by atoms with E-state index < -0.39 is 18.1 Å². The Morgan fingerprint density at radius 3 is 2.13 bits per heavy atom. The third-order valence-electron chi connectivity index (χ3n) is 2.24. The second kappa shape index (κ2) is 4.83. The molecule has 0 radical (unpaired) electrons. The van der Waals surface area contributed by atoms with Gasteiger partial charge in [-0.15, -0.1) is 0 Å². The van der Waals surface area contributed by atoms with Gasteiger partial charge >= 0.3 is 6.18 Å². The first kappa shape index (κ1) is 14.2. The van der Waals surface area contributed by atoms with E-state index in [4.69, 9.17) is 0 Å². The molecular formula is C9H17F3N2O. The van der Waals surface area contributed by atoms with Gasteiger partial charge in [-0.1, -0.05) is 0 Å². The Balaban J connectivity index is 4.23. The number of halogens is 3. The Morgan fingerprint density at radius 1 is 1.33 bits per heavy atom. The van der Waals surface area contributed by atoms with Crippen LogP contribution < -0.4 is 5.32 Å². The number of carbonyl (C=O) groups excluding carboxylic acids is 1. The molecule has 1 N–H and O–H groups in total. The molecule has 0 saturated heterocycles. The van der Waals surface area contributed by atoms with Gasteiger partial charge in [0.2, 0.25) is 5.91 Å². The van der Waals surface area contributed by atoms with Crippen molar-refractivity contribution in [3.63, 3.8) is 0 Å². The van der Waals surface area contributed by atoms with Gasteiger partial charge in [-0.25, -0.2) is 0 Å². The van der Waals surface area contributed by atoms with Crippen molar-refractivity contribution in [2.24, 2.45) is 0 Å². The third-order valence-corrected chi connectivity index (χ3v) is 2.24. The fraction of sp³-hybridized carbons (Fsp3) is 0.889. The number of nitrogens with zero attached hydrogens (tertiary/aromatic N) is 1. The molecular weight excluding hydrogens is 209 g/mol. The average Bonchev–Trinajstić information content (AvgIpc) is 2.11. The van der Waals surface area contributed by atoms with Crippen LogP contribution in [-0.4, -0.2) is 43.2 Å². The lowest BCUT2D eigenvalue weighted by molar-refractivity contribution is -0.146. The van der Waals surface area contributed by atoms with Crippen molar-refractivity contribution in [1.29, 1.82) is 0 Å². The highest BCUT2D eigenvalue weighted by Crippen LogP contribution is 2.20.